The van der Waals surface area contributed by atoms with Crippen LogP contribution in [0.3, 0.4) is 0 Å². The molecule has 1 heterocycles. The number of aromatic nitrogens is 3. The van der Waals surface area contributed by atoms with Gasteiger partial charge in [0.2, 0.25) is 5.28 Å². The van der Waals surface area contributed by atoms with Crippen molar-refractivity contribution in [2.24, 2.45) is 0 Å². The maximum absolute atomic E-state index is 12.3. The topological polar surface area (TPSA) is 65.0 Å². The molecule has 84 valence electrons. The van der Waals surface area contributed by atoms with Gasteiger partial charge in [-0.25, -0.2) is 0 Å². The van der Waals surface area contributed by atoms with E-state index in [-0.39, 0.29) is 16.9 Å². The summed E-state index contributed by atoms with van der Waals surface area (Å²) in [6.45, 7) is 3.68. The molecule has 15 heavy (non-hydrogen) atoms. The third-order valence-corrected chi connectivity index (χ3v) is 5.29. The van der Waals surface area contributed by atoms with Crippen LogP contribution in [0.1, 0.15) is 13.8 Å². The first-order valence-corrected chi connectivity index (χ1v) is 7.05. The maximum Gasteiger partial charge on any atom is 0.321 e. The first-order valence-electron chi connectivity index (χ1n) is 4.60. The number of methoxy groups -OCH3 is 1. The van der Waals surface area contributed by atoms with Crippen LogP contribution < -0.4 is 10.3 Å². The predicted molar refractivity (Wildman–Crippen MR) is 59.7 cm³/mol. The van der Waals surface area contributed by atoms with Gasteiger partial charge in [0.25, 0.3) is 0 Å². The van der Waals surface area contributed by atoms with E-state index in [0.717, 1.165) is 0 Å². The molecule has 0 atom stereocenters. The lowest BCUT2D eigenvalue weighted by Gasteiger charge is -2.12. The van der Waals surface area contributed by atoms with Crippen LogP contribution >= 0.6 is 18.7 Å². The van der Waals surface area contributed by atoms with Crippen molar-refractivity contribution in [2.75, 3.05) is 19.4 Å². The minimum Gasteiger partial charge on any atom is -0.467 e. The minimum absolute atomic E-state index is 0.0129. The largest absolute Gasteiger partial charge is 0.467 e. The number of hydrogen-bond acceptors (Lipinski definition) is 5. The lowest BCUT2D eigenvalue weighted by atomic mass is 10.9. The summed E-state index contributed by atoms with van der Waals surface area (Å²) in [4.78, 5) is 11.6. The highest BCUT2D eigenvalue weighted by molar-refractivity contribution is 7.71. The van der Waals surface area contributed by atoms with E-state index in [1.165, 1.54) is 7.11 Å². The lowest BCUT2D eigenvalue weighted by Crippen LogP contribution is -2.19. The molecule has 0 spiro atoms. The summed E-state index contributed by atoms with van der Waals surface area (Å²) in [5, 5.41) is 0.0129. The molecular formula is C8H13ClN3O2P. The highest BCUT2D eigenvalue weighted by atomic mass is 35.5. The number of ether oxygens (including phenoxy) is 1. The van der Waals surface area contributed by atoms with Gasteiger partial charge in [-0.2, -0.15) is 15.0 Å². The van der Waals surface area contributed by atoms with E-state index in [0.29, 0.717) is 12.3 Å². The van der Waals surface area contributed by atoms with Crippen LogP contribution in [0.4, 0.5) is 0 Å². The second-order valence-electron chi connectivity index (χ2n) is 2.91. The van der Waals surface area contributed by atoms with Gasteiger partial charge in [-0.05, 0) is 11.6 Å². The van der Waals surface area contributed by atoms with Gasteiger partial charge >= 0.3 is 6.01 Å². The summed E-state index contributed by atoms with van der Waals surface area (Å²) < 4.78 is 17.2. The first kappa shape index (κ1) is 12.4. The summed E-state index contributed by atoms with van der Waals surface area (Å²) >= 11 is 5.69. The fraction of sp³-hybridized carbons (Fsp3) is 0.625. The van der Waals surface area contributed by atoms with E-state index >= 15 is 0 Å². The average Bonchev–Trinajstić information content (AvgIpc) is 2.27. The molecule has 1 rings (SSSR count). The zero-order chi connectivity index (χ0) is 11.5. The van der Waals surface area contributed by atoms with Crippen LogP contribution in [0, 0.1) is 0 Å². The van der Waals surface area contributed by atoms with E-state index in [4.69, 9.17) is 16.3 Å². The van der Waals surface area contributed by atoms with Crippen LogP contribution in [0.5, 0.6) is 6.01 Å². The molecule has 0 unspecified atom stereocenters. The van der Waals surface area contributed by atoms with Gasteiger partial charge in [-0.3, -0.25) is 0 Å². The third-order valence-electron chi connectivity index (χ3n) is 2.14. The molecule has 5 nitrogen and oxygen atoms in total. The Morgan fingerprint density at radius 3 is 2.33 bits per heavy atom. The number of halogens is 1. The Morgan fingerprint density at radius 1 is 1.27 bits per heavy atom. The molecule has 0 aliphatic heterocycles. The molecule has 0 saturated carbocycles. The molecule has 0 aliphatic rings. The zero-order valence-corrected chi connectivity index (χ0v) is 10.5. The monoisotopic (exact) mass is 249 g/mol. The molecule has 1 aromatic rings. The minimum atomic E-state index is -2.53. The van der Waals surface area contributed by atoms with Crippen molar-refractivity contribution in [3.8, 4) is 6.01 Å². The zero-order valence-electron chi connectivity index (χ0n) is 8.90. The van der Waals surface area contributed by atoms with Crippen molar-refractivity contribution in [2.45, 2.75) is 13.8 Å². The van der Waals surface area contributed by atoms with Crippen molar-refractivity contribution in [1.82, 2.24) is 15.0 Å². The molecule has 0 N–H and O–H groups in total. The fourth-order valence-electron chi connectivity index (χ4n) is 1.10. The van der Waals surface area contributed by atoms with Crippen molar-refractivity contribution in [1.29, 1.82) is 0 Å². The summed E-state index contributed by atoms with van der Waals surface area (Å²) in [5.74, 6) is 0. The molecular weight excluding hydrogens is 237 g/mol. The number of rotatable bonds is 4. The van der Waals surface area contributed by atoms with Crippen LogP contribution in [-0.4, -0.2) is 34.4 Å². The van der Waals surface area contributed by atoms with Gasteiger partial charge < -0.3 is 9.30 Å². The Hall–Kier alpha value is -0.670. The van der Waals surface area contributed by atoms with Crippen molar-refractivity contribution >= 4 is 24.3 Å². The van der Waals surface area contributed by atoms with E-state index in [2.05, 4.69) is 15.0 Å². The fourth-order valence-corrected chi connectivity index (χ4v) is 2.87. The van der Waals surface area contributed by atoms with Gasteiger partial charge in [-0.15, -0.1) is 0 Å². The normalized spacial score (nSPS) is 11.5. The van der Waals surface area contributed by atoms with Crippen molar-refractivity contribution in [3.05, 3.63) is 5.28 Å². The Kier molecular flexibility index (Phi) is 4.05. The van der Waals surface area contributed by atoms with Crippen LogP contribution in [-0.2, 0) is 4.57 Å². The number of nitrogens with zero attached hydrogens (tertiary/aromatic N) is 3. The second-order valence-corrected chi connectivity index (χ2v) is 6.69. The average molecular weight is 250 g/mol. The standard InChI is InChI=1S/C8H13ClN3O2P/c1-4-15(13,5-2)8-11-6(9)10-7(12-8)14-3/h4-5H2,1-3H3. The lowest BCUT2D eigenvalue weighted by molar-refractivity contribution is 0.379. The van der Waals surface area contributed by atoms with E-state index < -0.39 is 7.14 Å². The summed E-state index contributed by atoms with van der Waals surface area (Å²) in [6.07, 6.45) is 1.01. The molecule has 0 amide bonds. The molecule has 0 aromatic carbocycles. The van der Waals surface area contributed by atoms with Gasteiger partial charge in [0.05, 0.1) is 7.11 Å². The van der Waals surface area contributed by atoms with Crippen molar-refractivity contribution < 1.29 is 9.30 Å². The van der Waals surface area contributed by atoms with Crippen molar-refractivity contribution in [3.63, 3.8) is 0 Å². The number of hydrogen-bond donors (Lipinski definition) is 0. The smallest absolute Gasteiger partial charge is 0.321 e. The van der Waals surface area contributed by atoms with Gasteiger partial charge in [0.1, 0.15) is 0 Å². The Labute approximate surface area is 93.6 Å². The van der Waals surface area contributed by atoms with Crippen LogP contribution in [0.25, 0.3) is 0 Å². The molecule has 1 aromatic heterocycles. The summed E-state index contributed by atoms with van der Waals surface area (Å²) in [5.41, 5.74) is 0.254. The molecule has 0 radical (unpaired) electrons. The Morgan fingerprint density at radius 2 is 1.87 bits per heavy atom. The highest BCUT2D eigenvalue weighted by Gasteiger charge is 2.25. The van der Waals surface area contributed by atoms with E-state index in [1.54, 1.807) is 0 Å². The van der Waals surface area contributed by atoms with Crippen LogP contribution in [0.2, 0.25) is 5.28 Å². The molecule has 7 heteroatoms. The van der Waals surface area contributed by atoms with Gasteiger partial charge in [0.15, 0.2) is 12.7 Å². The highest BCUT2D eigenvalue weighted by Crippen LogP contribution is 2.42. The SMILES string of the molecule is CCP(=O)(CC)c1nc(Cl)nc(OC)n1. The molecule has 0 fully saturated rings. The predicted octanol–water partition coefficient (Wildman–Crippen LogP) is 1.56. The van der Waals surface area contributed by atoms with E-state index in [9.17, 15) is 4.57 Å². The van der Waals surface area contributed by atoms with Gasteiger partial charge in [0, 0.05) is 12.3 Å². The van der Waals surface area contributed by atoms with E-state index in [1.807, 2.05) is 13.8 Å². The van der Waals surface area contributed by atoms with Gasteiger partial charge in [-0.1, -0.05) is 13.8 Å². The molecule has 0 aliphatic carbocycles. The summed E-state index contributed by atoms with van der Waals surface area (Å²) in [7, 11) is -1.10. The maximum atomic E-state index is 12.3. The Balaban J connectivity index is 3.24. The Bertz CT molecular complexity index is 391. The quantitative estimate of drug-likeness (QED) is 0.758. The summed E-state index contributed by atoms with van der Waals surface area (Å²) in [6, 6.07) is 0.104. The van der Waals surface area contributed by atoms with Crippen LogP contribution in [0.15, 0.2) is 0 Å². The first-order chi connectivity index (χ1) is 7.05. The second kappa shape index (κ2) is 4.90. The molecule has 0 bridgehead atoms. The third kappa shape index (κ3) is 2.67. The molecule has 0 saturated heterocycles.